The fourth-order valence-electron chi connectivity index (χ4n) is 1.43. The van der Waals surface area contributed by atoms with Gasteiger partial charge in [-0.15, -0.1) is 5.10 Å². The van der Waals surface area contributed by atoms with E-state index in [0.717, 1.165) is 5.56 Å². The number of carbonyl (C=O) groups excluding carboxylic acids is 1. The Morgan fingerprint density at radius 3 is 2.82 bits per heavy atom. The summed E-state index contributed by atoms with van der Waals surface area (Å²) >= 11 is 0. The number of rotatable bonds is 2. The second-order valence-electron chi connectivity index (χ2n) is 3.73. The van der Waals surface area contributed by atoms with Crippen molar-refractivity contribution < 1.29 is 9.90 Å². The number of amides is 1. The van der Waals surface area contributed by atoms with E-state index in [-0.39, 0.29) is 17.4 Å². The van der Waals surface area contributed by atoms with Crippen LogP contribution in [0.4, 0.5) is 5.69 Å². The molecule has 0 unspecified atom stereocenters. The first-order valence-electron chi connectivity index (χ1n) is 5.03. The van der Waals surface area contributed by atoms with Crippen LogP contribution in [0, 0.1) is 6.92 Å². The van der Waals surface area contributed by atoms with Crippen LogP contribution < -0.4 is 5.32 Å². The summed E-state index contributed by atoms with van der Waals surface area (Å²) < 4.78 is 1.46. The summed E-state index contributed by atoms with van der Waals surface area (Å²) in [5, 5.41) is 19.3. The summed E-state index contributed by atoms with van der Waals surface area (Å²) in [6.45, 7) is 1.80. The second-order valence-corrected chi connectivity index (χ2v) is 3.73. The zero-order valence-electron chi connectivity index (χ0n) is 9.51. The van der Waals surface area contributed by atoms with E-state index < -0.39 is 0 Å². The van der Waals surface area contributed by atoms with Gasteiger partial charge in [-0.3, -0.25) is 9.48 Å². The van der Waals surface area contributed by atoms with Crippen LogP contribution in [0.5, 0.6) is 5.75 Å². The Morgan fingerprint density at radius 1 is 1.47 bits per heavy atom. The van der Waals surface area contributed by atoms with Crippen LogP contribution in [-0.4, -0.2) is 26.0 Å². The number of aromatic nitrogens is 3. The van der Waals surface area contributed by atoms with Gasteiger partial charge in [-0.05, 0) is 30.7 Å². The highest BCUT2D eigenvalue weighted by molar-refractivity contribution is 6.03. The monoisotopic (exact) mass is 232 g/mol. The molecule has 1 amide bonds. The third-order valence-electron chi connectivity index (χ3n) is 2.29. The van der Waals surface area contributed by atoms with Gasteiger partial charge in [0.15, 0.2) is 5.69 Å². The van der Waals surface area contributed by atoms with Gasteiger partial charge in [0.25, 0.3) is 5.91 Å². The van der Waals surface area contributed by atoms with Gasteiger partial charge in [-0.1, -0.05) is 5.21 Å². The summed E-state index contributed by atoms with van der Waals surface area (Å²) in [6.07, 6.45) is 1.53. The molecule has 0 saturated heterocycles. The number of carbonyl (C=O) groups is 1. The molecule has 2 rings (SSSR count). The number of hydrogen-bond donors (Lipinski definition) is 2. The molecule has 0 aliphatic rings. The van der Waals surface area contributed by atoms with Crippen LogP contribution in [0.3, 0.4) is 0 Å². The highest BCUT2D eigenvalue weighted by atomic mass is 16.3. The zero-order valence-corrected chi connectivity index (χ0v) is 9.51. The fraction of sp³-hybridized carbons (Fsp3) is 0.182. The molecular formula is C11H12N4O2. The van der Waals surface area contributed by atoms with E-state index in [1.165, 1.54) is 16.9 Å². The Balaban J connectivity index is 2.18. The third kappa shape index (κ3) is 2.41. The molecule has 0 aliphatic heterocycles. The fourth-order valence-corrected chi connectivity index (χ4v) is 1.43. The quantitative estimate of drug-likeness (QED) is 0.759. The van der Waals surface area contributed by atoms with Crippen LogP contribution in [0.1, 0.15) is 16.1 Å². The number of nitrogens with zero attached hydrogens (tertiary/aromatic N) is 3. The van der Waals surface area contributed by atoms with Gasteiger partial charge in [0, 0.05) is 12.7 Å². The van der Waals surface area contributed by atoms with E-state index in [1.54, 1.807) is 26.1 Å². The maximum absolute atomic E-state index is 11.8. The standard InChI is InChI=1S/C11H12N4O2/c1-7-5-8(16)3-4-9(7)12-11(17)10-6-15(2)14-13-10/h3-6,16H,1-2H3,(H,12,17). The van der Waals surface area contributed by atoms with Crippen molar-refractivity contribution in [3.63, 3.8) is 0 Å². The Kier molecular flexibility index (Phi) is 2.78. The predicted molar refractivity (Wildman–Crippen MR) is 61.8 cm³/mol. The lowest BCUT2D eigenvalue weighted by Crippen LogP contribution is -2.13. The number of phenols is 1. The third-order valence-corrected chi connectivity index (χ3v) is 2.29. The molecule has 6 nitrogen and oxygen atoms in total. The van der Waals surface area contributed by atoms with Crippen LogP contribution >= 0.6 is 0 Å². The minimum absolute atomic E-state index is 0.167. The zero-order chi connectivity index (χ0) is 12.4. The lowest BCUT2D eigenvalue weighted by molar-refractivity contribution is 0.102. The average Bonchev–Trinajstić information content (AvgIpc) is 2.69. The van der Waals surface area contributed by atoms with Crippen molar-refractivity contribution in [2.75, 3.05) is 5.32 Å². The van der Waals surface area contributed by atoms with Crippen molar-refractivity contribution in [1.82, 2.24) is 15.0 Å². The number of aromatic hydroxyl groups is 1. The van der Waals surface area contributed by atoms with Crippen LogP contribution in [0.25, 0.3) is 0 Å². The van der Waals surface area contributed by atoms with E-state index >= 15 is 0 Å². The first-order valence-corrected chi connectivity index (χ1v) is 5.03. The maximum Gasteiger partial charge on any atom is 0.277 e. The van der Waals surface area contributed by atoms with Gasteiger partial charge in [-0.25, -0.2) is 0 Å². The Labute approximate surface area is 97.9 Å². The molecule has 88 valence electrons. The summed E-state index contributed by atoms with van der Waals surface area (Å²) in [4.78, 5) is 11.8. The van der Waals surface area contributed by atoms with E-state index in [0.29, 0.717) is 5.69 Å². The number of hydrogen-bond acceptors (Lipinski definition) is 4. The lowest BCUT2D eigenvalue weighted by atomic mass is 10.2. The first-order chi connectivity index (χ1) is 8.06. The smallest absolute Gasteiger partial charge is 0.277 e. The summed E-state index contributed by atoms with van der Waals surface area (Å²) in [5.41, 5.74) is 1.67. The molecule has 2 N–H and O–H groups in total. The first kappa shape index (κ1) is 11.1. The average molecular weight is 232 g/mol. The molecule has 1 heterocycles. The normalized spacial score (nSPS) is 10.2. The molecule has 1 aromatic carbocycles. The highest BCUT2D eigenvalue weighted by Crippen LogP contribution is 2.20. The van der Waals surface area contributed by atoms with Crippen molar-refractivity contribution in [3.05, 3.63) is 35.7 Å². The molecule has 0 atom stereocenters. The van der Waals surface area contributed by atoms with E-state index in [4.69, 9.17) is 0 Å². The highest BCUT2D eigenvalue weighted by Gasteiger charge is 2.11. The number of aryl methyl sites for hydroxylation is 2. The largest absolute Gasteiger partial charge is 0.508 e. The number of phenolic OH excluding ortho intramolecular Hbond substituents is 1. The predicted octanol–water partition coefficient (Wildman–Crippen LogP) is 1.08. The van der Waals surface area contributed by atoms with Crippen LogP contribution in [-0.2, 0) is 7.05 Å². The van der Waals surface area contributed by atoms with Crippen molar-refractivity contribution in [2.45, 2.75) is 6.92 Å². The van der Waals surface area contributed by atoms with Gasteiger partial charge in [0.2, 0.25) is 0 Å². The Hall–Kier alpha value is -2.37. The van der Waals surface area contributed by atoms with Crippen molar-refractivity contribution in [3.8, 4) is 5.75 Å². The van der Waals surface area contributed by atoms with Gasteiger partial charge in [0.05, 0.1) is 6.20 Å². The second kappa shape index (κ2) is 4.25. The molecule has 0 bridgehead atoms. The minimum Gasteiger partial charge on any atom is -0.508 e. The summed E-state index contributed by atoms with van der Waals surface area (Å²) in [6, 6.07) is 4.73. The van der Waals surface area contributed by atoms with E-state index in [2.05, 4.69) is 15.6 Å². The lowest BCUT2D eigenvalue weighted by Gasteiger charge is -2.06. The van der Waals surface area contributed by atoms with Crippen LogP contribution in [0.15, 0.2) is 24.4 Å². The minimum atomic E-state index is -0.327. The van der Waals surface area contributed by atoms with Gasteiger partial charge >= 0.3 is 0 Å². The van der Waals surface area contributed by atoms with Gasteiger partial charge in [-0.2, -0.15) is 0 Å². The summed E-state index contributed by atoms with van der Waals surface area (Å²) in [7, 11) is 1.69. The van der Waals surface area contributed by atoms with Gasteiger partial charge in [0.1, 0.15) is 5.75 Å². The van der Waals surface area contributed by atoms with E-state index in [9.17, 15) is 9.90 Å². The molecular weight excluding hydrogens is 220 g/mol. The molecule has 0 radical (unpaired) electrons. The van der Waals surface area contributed by atoms with Crippen molar-refractivity contribution in [2.24, 2.45) is 7.05 Å². The molecule has 17 heavy (non-hydrogen) atoms. The maximum atomic E-state index is 11.8. The number of nitrogens with one attached hydrogen (secondary N) is 1. The van der Waals surface area contributed by atoms with Gasteiger partial charge < -0.3 is 10.4 Å². The molecule has 0 saturated carbocycles. The molecule has 0 spiro atoms. The van der Waals surface area contributed by atoms with Crippen LogP contribution in [0.2, 0.25) is 0 Å². The Morgan fingerprint density at radius 2 is 2.24 bits per heavy atom. The SMILES string of the molecule is Cc1cc(O)ccc1NC(=O)c1cn(C)nn1. The molecule has 1 aromatic heterocycles. The molecule has 2 aromatic rings. The molecule has 0 fully saturated rings. The van der Waals surface area contributed by atoms with Crippen molar-refractivity contribution in [1.29, 1.82) is 0 Å². The van der Waals surface area contributed by atoms with E-state index in [1.807, 2.05) is 0 Å². The molecule has 6 heteroatoms. The number of benzene rings is 1. The Bertz CT molecular complexity index is 562. The molecule has 0 aliphatic carbocycles. The number of anilines is 1. The summed E-state index contributed by atoms with van der Waals surface area (Å²) in [5.74, 6) is -0.160. The van der Waals surface area contributed by atoms with Crippen molar-refractivity contribution >= 4 is 11.6 Å². The topological polar surface area (TPSA) is 80.0 Å².